The lowest BCUT2D eigenvalue weighted by atomic mass is 9.98. The highest BCUT2D eigenvalue weighted by molar-refractivity contribution is 6.30. The number of nitrogens with one attached hydrogen (secondary N) is 1. The van der Waals surface area contributed by atoms with Crippen LogP contribution in [0, 0.1) is 0 Å². The molecule has 2 aliphatic heterocycles. The van der Waals surface area contributed by atoms with E-state index in [1.54, 1.807) is 24.3 Å². The summed E-state index contributed by atoms with van der Waals surface area (Å²) < 4.78 is 5.98. The number of nitrogens with zero attached hydrogens (tertiary/aromatic N) is 1. The van der Waals surface area contributed by atoms with E-state index in [0.717, 1.165) is 12.8 Å². The topological polar surface area (TPSA) is 58.6 Å². The van der Waals surface area contributed by atoms with E-state index in [4.69, 9.17) is 16.3 Å². The first kappa shape index (κ1) is 17.2. The SMILES string of the molecule is CC(C)NC(=O)[C@H]1CC[C@@H]2[C@@H](CCN2C(=O)c2cccc(Cl)c2)O1. The summed E-state index contributed by atoms with van der Waals surface area (Å²) in [4.78, 5) is 26.8. The van der Waals surface area contributed by atoms with Crippen molar-refractivity contribution in [3.63, 3.8) is 0 Å². The van der Waals surface area contributed by atoms with Crippen molar-refractivity contribution in [1.29, 1.82) is 0 Å². The maximum atomic E-state index is 12.7. The van der Waals surface area contributed by atoms with Crippen LogP contribution < -0.4 is 5.32 Å². The Bertz CT molecular complexity index is 634. The molecule has 24 heavy (non-hydrogen) atoms. The molecule has 3 atom stereocenters. The van der Waals surface area contributed by atoms with Crippen molar-refractivity contribution in [2.45, 2.75) is 57.4 Å². The second-order valence-electron chi connectivity index (χ2n) is 6.77. The van der Waals surface area contributed by atoms with E-state index in [2.05, 4.69) is 5.32 Å². The second-order valence-corrected chi connectivity index (χ2v) is 7.21. The van der Waals surface area contributed by atoms with Crippen LogP contribution in [-0.4, -0.2) is 47.6 Å². The maximum Gasteiger partial charge on any atom is 0.254 e. The molecule has 0 aromatic heterocycles. The van der Waals surface area contributed by atoms with Gasteiger partial charge in [-0.2, -0.15) is 0 Å². The molecule has 0 spiro atoms. The third-order valence-electron chi connectivity index (χ3n) is 4.60. The molecule has 2 heterocycles. The Morgan fingerprint density at radius 2 is 2.08 bits per heavy atom. The average molecular weight is 351 g/mol. The summed E-state index contributed by atoms with van der Waals surface area (Å²) in [7, 11) is 0. The molecule has 2 fully saturated rings. The highest BCUT2D eigenvalue weighted by Gasteiger charge is 2.43. The molecule has 0 bridgehead atoms. The number of benzene rings is 1. The van der Waals surface area contributed by atoms with Crippen molar-refractivity contribution in [3.8, 4) is 0 Å². The largest absolute Gasteiger partial charge is 0.363 e. The molecule has 1 aromatic carbocycles. The summed E-state index contributed by atoms with van der Waals surface area (Å²) in [5.41, 5.74) is 0.600. The van der Waals surface area contributed by atoms with Crippen LogP contribution in [0.25, 0.3) is 0 Å². The quantitative estimate of drug-likeness (QED) is 0.911. The first-order valence-electron chi connectivity index (χ1n) is 8.48. The van der Waals surface area contributed by atoms with E-state index in [0.29, 0.717) is 23.6 Å². The highest BCUT2D eigenvalue weighted by atomic mass is 35.5. The molecule has 130 valence electrons. The fourth-order valence-corrected chi connectivity index (χ4v) is 3.73. The van der Waals surface area contributed by atoms with Gasteiger partial charge in [0.15, 0.2) is 0 Å². The van der Waals surface area contributed by atoms with E-state index in [1.165, 1.54) is 0 Å². The minimum Gasteiger partial charge on any atom is -0.363 e. The van der Waals surface area contributed by atoms with Gasteiger partial charge < -0.3 is 15.0 Å². The molecule has 1 aromatic rings. The standard InChI is InChI=1S/C18H23ClN2O3/c1-11(2)20-17(22)16-7-6-14-15(24-16)8-9-21(14)18(23)12-4-3-5-13(19)10-12/h3-5,10-11,14-16H,6-9H2,1-2H3,(H,20,22)/t14-,15-,16-/m1/s1. The van der Waals surface area contributed by atoms with Gasteiger partial charge in [-0.15, -0.1) is 0 Å². The molecule has 0 saturated carbocycles. The van der Waals surface area contributed by atoms with Crippen LogP contribution in [0.1, 0.15) is 43.5 Å². The van der Waals surface area contributed by atoms with Crippen molar-refractivity contribution in [3.05, 3.63) is 34.9 Å². The van der Waals surface area contributed by atoms with Crippen LogP contribution >= 0.6 is 11.6 Å². The summed E-state index contributed by atoms with van der Waals surface area (Å²) in [5.74, 6) is -0.0678. The zero-order valence-electron chi connectivity index (χ0n) is 14.0. The van der Waals surface area contributed by atoms with Crippen LogP contribution in [0.5, 0.6) is 0 Å². The summed E-state index contributed by atoms with van der Waals surface area (Å²) in [6.45, 7) is 4.52. The van der Waals surface area contributed by atoms with E-state index < -0.39 is 6.10 Å². The van der Waals surface area contributed by atoms with Crippen LogP contribution in [0.2, 0.25) is 5.02 Å². The zero-order valence-corrected chi connectivity index (χ0v) is 14.8. The first-order valence-corrected chi connectivity index (χ1v) is 8.86. The van der Waals surface area contributed by atoms with Gasteiger partial charge in [0.25, 0.3) is 5.91 Å². The number of halogens is 1. The molecule has 5 nitrogen and oxygen atoms in total. The molecule has 0 aliphatic carbocycles. The molecule has 1 N–H and O–H groups in total. The predicted octanol–water partition coefficient (Wildman–Crippen LogP) is 2.63. The number of rotatable bonds is 3. The highest BCUT2D eigenvalue weighted by Crippen LogP contribution is 2.32. The van der Waals surface area contributed by atoms with Crippen LogP contribution in [-0.2, 0) is 9.53 Å². The van der Waals surface area contributed by atoms with E-state index in [9.17, 15) is 9.59 Å². The van der Waals surface area contributed by atoms with E-state index in [-0.39, 0.29) is 30.0 Å². The molecule has 0 unspecified atom stereocenters. The van der Waals surface area contributed by atoms with Crippen molar-refractivity contribution < 1.29 is 14.3 Å². The third kappa shape index (κ3) is 3.57. The number of hydrogen-bond donors (Lipinski definition) is 1. The molecule has 3 rings (SSSR count). The van der Waals surface area contributed by atoms with Crippen LogP contribution in [0.4, 0.5) is 0 Å². The van der Waals surface area contributed by atoms with Gasteiger partial charge in [-0.25, -0.2) is 0 Å². The fourth-order valence-electron chi connectivity index (χ4n) is 3.54. The molecule has 0 radical (unpaired) electrons. The minimum absolute atomic E-state index is 0.0151. The Kier molecular flexibility index (Phi) is 5.11. The van der Waals surface area contributed by atoms with Gasteiger partial charge >= 0.3 is 0 Å². The molecule has 2 saturated heterocycles. The van der Waals surface area contributed by atoms with Gasteiger partial charge in [0, 0.05) is 23.2 Å². The molecule has 2 amide bonds. The van der Waals surface area contributed by atoms with Gasteiger partial charge in [0.05, 0.1) is 12.1 Å². The lowest BCUT2D eigenvalue weighted by molar-refractivity contribution is -0.143. The van der Waals surface area contributed by atoms with Crippen molar-refractivity contribution in [2.75, 3.05) is 6.54 Å². The second kappa shape index (κ2) is 7.11. The number of fused-ring (bicyclic) bond motifs is 1. The van der Waals surface area contributed by atoms with Crippen molar-refractivity contribution >= 4 is 23.4 Å². The normalized spacial score (nSPS) is 26.3. The van der Waals surface area contributed by atoms with Gasteiger partial charge in [-0.05, 0) is 51.3 Å². The molecule has 2 aliphatic rings. The number of hydrogen-bond acceptors (Lipinski definition) is 3. The van der Waals surface area contributed by atoms with Gasteiger partial charge in [0.2, 0.25) is 5.91 Å². The van der Waals surface area contributed by atoms with Gasteiger partial charge in [0.1, 0.15) is 6.10 Å². The Balaban J connectivity index is 1.65. The van der Waals surface area contributed by atoms with E-state index >= 15 is 0 Å². The fraction of sp³-hybridized carbons (Fsp3) is 0.556. The lowest BCUT2D eigenvalue weighted by Crippen LogP contribution is -2.49. The Morgan fingerprint density at radius 3 is 2.79 bits per heavy atom. The van der Waals surface area contributed by atoms with Gasteiger partial charge in [-0.1, -0.05) is 17.7 Å². The number of carbonyl (C=O) groups is 2. The maximum absolute atomic E-state index is 12.7. The third-order valence-corrected chi connectivity index (χ3v) is 4.84. The predicted molar refractivity (Wildman–Crippen MR) is 92.1 cm³/mol. The zero-order chi connectivity index (χ0) is 17.3. The van der Waals surface area contributed by atoms with Crippen molar-refractivity contribution in [2.24, 2.45) is 0 Å². The summed E-state index contributed by atoms with van der Waals surface area (Å²) >= 11 is 5.99. The van der Waals surface area contributed by atoms with E-state index in [1.807, 2.05) is 18.7 Å². The van der Waals surface area contributed by atoms with Crippen LogP contribution in [0.3, 0.4) is 0 Å². The number of ether oxygens (including phenoxy) is 1. The Labute approximate surface area is 147 Å². The van der Waals surface area contributed by atoms with Crippen LogP contribution in [0.15, 0.2) is 24.3 Å². The molecular formula is C18H23ClN2O3. The minimum atomic E-state index is -0.408. The lowest BCUT2D eigenvalue weighted by Gasteiger charge is -2.35. The molecule has 6 heteroatoms. The average Bonchev–Trinajstić information content (AvgIpc) is 2.96. The molecular weight excluding hydrogens is 328 g/mol. The Hall–Kier alpha value is -1.59. The monoisotopic (exact) mass is 350 g/mol. The number of amides is 2. The Morgan fingerprint density at radius 1 is 1.29 bits per heavy atom. The number of carbonyl (C=O) groups excluding carboxylic acids is 2. The number of likely N-dealkylation sites (tertiary alicyclic amines) is 1. The first-order chi connectivity index (χ1) is 11.5. The summed E-state index contributed by atoms with van der Waals surface area (Å²) in [5, 5.41) is 3.46. The van der Waals surface area contributed by atoms with Gasteiger partial charge in [-0.3, -0.25) is 9.59 Å². The summed E-state index contributed by atoms with van der Waals surface area (Å²) in [6.07, 6.45) is 1.72. The van der Waals surface area contributed by atoms with Crippen molar-refractivity contribution in [1.82, 2.24) is 10.2 Å². The smallest absolute Gasteiger partial charge is 0.254 e. The summed E-state index contributed by atoms with van der Waals surface area (Å²) in [6, 6.07) is 7.16.